The van der Waals surface area contributed by atoms with Gasteiger partial charge in [-0.2, -0.15) is 0 Å². The minimum absolute atomic E-state index is 0.723. The first-order valence-electron chi connectivity index (χ1n) is 7.30. The Kier molecular flexibility index (Phi) is 1.79. The van der Waals surface area contributed by atoms with Crippen molar-refractivity contribution < 1.29 is 0 Å². The maximum Gasteiger partial charge on any atom is -0.00179 e. The van der Waals surface area contributed by atoms with Crippen molar-refractivity contribution in [2.75, 3.05) is 0 Å². The van der Waals surface area contributed by atoms with Crippen molar-refractivity contribution in [2.45, 2.75) is 18.3 Å². The molecule has 2 aromatic carbocycles. The van der Waals surface area contributed by atoms with Gasteiger partial charge >= 0.3 is 0 Å². The second kappa shape index (κ2) is 3.39. The predicted octanol–water partition coefficient (Wildman–Crippen LogP) is 4.74. The standard InChI is InChI=1S/C19H16/c1-3-7-16-14(5-1)15-6-2-4-8-17(15)19-13-10-9-12(11-13)18(16)19/h1-10,12-13,18-19H,11H2/t12-,13+,18-,19+. The van der Waals surface area contributed by atoms with E-state index in [1.54, 1.807) is 11.1 Å². The molecule has 0 aromatic heterocycles. The van der Waals surface area contributed by atoms with Crippen LogP contribution in [0.1, 0.15) is 29.4 Å². The fraction of sp³-hybridized carbons (Fsp3) is 0.263. The summed E-state index contributed by atoms with van der Waals surface area (Å²) in [4.78, 5) is 0. The Balaban J connectivity index is 1.86. The minimum atomic E-state index is 0.723. The van der Waals surface area contributed by atoms with Crippen LogP contribution < -0.4 is 0 Å². The van der Waals surface area contributed by atoms with Crippen LogP contribution in [0.5, 0.6) is 0 Å². The number of benzene rings is 2. The third-order valence-corrected chi connectivity index (χ3v) is 5.39. The summed E-state index contributed by atoms with van der Waals surface area (Å²) in [5.74, 6) is 2.98. The first-order chi connectivity index (χ1) is 9.43. The zero-order valence-electron chi connectivity index (χ0n) is 10.8. The Morgan fingerprint density at radius 3 is 1.63 bits per heavy atom. The third-order valence-electron chi connectivity index (χ3n) is 5.39. The average molecular weight is 244 g/mol. The summed E-state index contributed by atoms with van der Waals surface area (Å²) in [6, 6.07) is 18.1. The third kappa shape index (κ3) is 1.15. The molecule has 5 rings (SSSR count). The summed E-state index contributed by atoms with van der Waals surface area (Å²) >= 11 is 0. The van der Waals surface area contributed by atoms with Gasteiger partial charge in [0.1, 0.15) is 0 Å². The molecule has 1 fully saturated rings. The van der Waals surface area contributed by atoms with Crippen LogP contribution in [-0.2, 0) is 0 Å². The van der Waals surface area contributed by atoms with Gasteiger partial charge in [0.05, 0.1) is 0 Å². The Hall–Kier alpha value is -1.82. The molecule has 3 aliphatic rings. The highest BCUT2D eigenvalue weighted by molar-refractivity contribution is 5.76. The summed E-state index contributed by atoms with van der Waals surface area (Å²) in [5, 5.41) is 0. The van der Waals surface area contributed by atoms with Crippen LogP contribution in [0.2, 0.25) is 0 Å². The molecule has 3 aliphatic carbocycles. The molecule has 0 amide bonds. The summed E-state index contributed by atoms with van der Waals surface area (Å²) < 4.78 is 0. The lowest BCUT2D eigenvalue weighted by molar-refractivity contribution is 0.504. The van der Waals surface area contributed by atoms with E-state index < -0.39 is 0 Å². The van der Waals surface area contributed by atoms with E-state index in [1.807, 2.05) is 0 Å². The topological polar surface area (TPSA) is 0 Å². The van der Waals surface area contributed by atoms with Gasteiger partial charge in [-0.05, 0) is 52.3 Å². The number of hydrogen-bond acceptors (Lipinski definition) is 0. The van der Waals surface area contributed by atoms with Crippen molar-refractivity contribution in [1.29, 1.82) is 0 Å². The molecule has 0 heterocycles. The zero-order chi connectivity index (χ0) is 12.4. The van der Waals surface area contributed by atoms with Crippen LogP contribution in [-0.4, -0.2) is 0 Å². The lowest BCUT2D eigenvalue weighted by Gasteiger charge is -2.36. The first kappa shape index (κ1) is 10.0. The predicted molar refractivity (Wildman–Crippen MR) is 78.1 cm³/mol. The Bertz CT molecular complexity index is 635. The van der Waals surface area contributed by atoms with Gasteiger partial charge in [0.25, 0.3) is 0 Å². The molecule has 92 valence electrons. The van der Waals surface area contributed by atoms with Crippen molar-refractivity contribution in [1.82, 2.24) is 0 Å². The van der Waals surface area contributed by atoms with Gasteiger partial charge in [-0.1, -0.05) is 60.7 Å². The number of hydrogen-bond donors (Lipinski definition) is 0. The Morgan fingerprint density at radius 1 is 0.632 bits per heavy atom. The van der Waals surface area contributed by atoms with Crippen molar-refractivity contribution in [3.05, 3.63) is 71.8 Å². The van der Waals surface area contributed by atoms with Crippen LogP contribution in [0, 0.1) is 11.8 Å². The molecule has 0 radical (unpaired) electrons. The van der Waals surface area contributed by atoms with Gasteiger partial charge < -0.3 is 0 Å². The smallest absolute Gasteiger partial charge is 0.00179 e. The Labute approximate surface area is 113 Å². The fourth-order valence-electron chi connectivity index (χ4n) is 4.74. The summed E-state index contributed by atoms with van der Waals surface area (Å²) in [6.07, 6.45) is 6.30. The molecular formula is C19H16. The van der Waals surface area contributed by atoms with E-state index in [0.29, 0.717) is 0 Å². The molecule has 19 heavy (non-hydrogen) atoms. The van der Waals surface area contributed by atoms with Crippen molar-refractivity contribution in [2.24, 2.45) is 11.8 Å². The van der Waals surface area contributed by atoms with Crippen molar-refractivity contribution in [3.63, 3.8) is 0 Å². The highest BCUT2D eigenvalue weighted by Crippen LogP contribution is 2.62. The van der Waals surface area contributed by atoms with Gasteiger partial charge in [0.2, 0.25) is 0 Å². The van der Waals surface area contributed by atoms with Crippen LogP contribution in [0.3, 0.4) is 0 Å². The summed E-state index contributed by atoms with van der Waals surface area (Å²) in [6.45, 7) is 0. The number of allylic oxidation sites excluding steroid dienone is 2. The van der Waals surface area contributed by atoms with Crippen molar-refractivity contribution >= 4 is 0 Å². The largest absolute Gasteiger partial charge is 0.0845 e. The Morgan fingerprint density at radius 2 is 1.11 bits per heavy atom. The lowest BCUT2D eigenvalue weighted by atomic mass is 9.67. The highest BCUT2D eigenvalue weighted by atomic mass is 14.5. The molecule has 0 N–H and O–H groups in total. The van der Waals surface area contributed by atoms with E-state index in [1.165, 1.54) is 17.5 Å². The molecule has 0 unspecified atom stereocenters. The molecule has 0 aliphatic heterocycles. The van der Waals surface area contributed by atoms with Gasteiger partial charge in [0, 0.05) is 0 Å². The maximum atomic E-state index is 2.47. The van der Waals surface area contributed by atoms with E-state index in [2.05, 4.69) is 60.7 Å². The molecule has 0 saturated heterocycles. The van der Waals surface area contributed by atoms with Gasteiger partial charge in [-0.25, -0.2) is 0 Å². The van der Waals surface area contributed by atoms with E-state index in [-0.39, 0.29) is 0 Å². The maximum absolute atomic E-state index is 2.47. The fourth-order valence-corrected chi connectivity index (χ4v) is 4.74. The first-order valence-corrected chi connectivity index (χ1v) is 7.30. The summed E-state index contributed by atoms with van der Waals surface area (Å²) in [5.41, 5.74) is 6.12. The second-order valence-electron chi connectivity index (χ2n) is 6.17. The normalized spacial score (nSPS) is 32.8. The van der Waals surface area contributed by atoms with Gasteiger partial charge in [-0.3, -0.25) is 0 Å². The van der Waals surface area contributed by atoms with E-state index in [4.69, 9.17) is 0 Å². The van der Waals surface area contributed by atoms with E-state index >= 15 is 0 Å². The summed E-state index contributed by atoms with van der Waals surface area (Å²) in [7, 11) is 0. The van der Waals surface area contributed by atoms with Crippen LogP contribution >= 0.6 is 0 Å². The average Bonchev–Trinajstić information content (AvgIpc) is 3.09. The van der Waals surface area contributed by atoms with E-state index in [0.717, 1.165) is 23.7 Å². The molecule has 0 heteroatoms. The lowest BCUT2D eigenvalue weighted by Crippen LogP contribution is -2.21. The molecule has 0 spiro atoms. The molecule has 2 aromatic rings. The van der Waals surface area contributed by atoms with Crippen LogP contribution in [0.4, 0.5) is 0 Å². The quantitative estimate of drug-likeness (QED) is 0.587. The van der Waals surface area contributed by atoms with Crippen molar-refractivity contribution in [3.8, 4) is 11.1 Å². The molecule has 0 nitrogen and oxygen atoms in total. The van der Waals surface area contributed by atoms with Gasteiger partial charge in [0.15, 0.2) is 0 Å². The number of rotatable bonds is 0. The second-order valence-corrected chi connectivity index (χ2v) is 6.17. The molecule has 1 saturated carbocycles. The number of fused-ring (bicyclic) bond motifs is 10. The van der Waals surface area contributed by atoms with E-state index in [9.17, 15) is 0 Å². The monoisotopic (exact) mass is 244 g/mol. The van der Waals surface area contributed by atoms with Gasteiger partial charge in [-0.15, -0.1) is 0 Å². The SMILES string of the molecule is C1=C[C@H]2C[C@@H]1[C@@H]1c3ccccc3-c3ccccc3[C@@H]12. The van der Waals surface area contributed by atoms with Crippen LogP contribution in [0.15, 0.2) is 60.7 Å². The molecule has 4 atom stereocenters. The minimum Gasteiger partial charge on any atom is -0.0845 e. The molecule has 2 bridgehead atoms. The molecular weight excluding hydrogens is 228 g/mol. The van der Waals surface area contributed by atoms with Crippen LogP contribution in [0.25, 0.3) is 11.1 Å². The zero-order valence-corrected chi connectivity index (χ0v) is 10.8. The highest BCUT2D eigenvalue weighted by Gasteiger charge is 2.48.